The molecule has 1 aromatic carbocycles. The zero-order valence-electron chi connectivity index (χ0n) is 9.11. The Balaban J connectivity index is 2.92. The van der Waals surface area contributed by atoms with Gasteiger partial charge < -0.3 is 10.2 Å². The first-order chi connectivity index (χ1) is 7.56. The van der Waals surface area contributed by atoms with Crippen LogP contribution in [0.5, 0.6) is 0 Å². The van der Waals surface area contributed by atoms with Crippen molar-refractivity contribution in [1.82, 2.24) is 0 Å². The number of carboxylic acids is 1. The third-order valence-corrected chi connectivity index (χ3v) is 2.77. The fourth-order valence-electron chi connectivity index (χ4n) is 1.53. The Morgan fingerprint density at radius 2 is 2.19 bits per heavy atom. The summed E-state index contributed by atoms with van der Waals surface area (Å²) in [6.45, 7) is 1.96. The third-order valence-electron chi connectivity index (χ3n) is 2.50. The van der Waals surface area contributed by atoms with Crippen molar-refractivity contribution in [2.45, 2.75) is 25.9 Å². The second kappa shape index (κ2) is 5.87. The van der Waals surface area contributed by atoms with Gasteiger partial charge in [0.05, 0.1) is 0 Å². The average Bonchev–Trinajstić information content (AvgIpc) is 2.27. The van der Waals surface area contributed by atoms with Crippen molar-refractivity contribution in [2.75, 3.05) is 5.88 Å². The molecule has 3 nitrogen and oxygen atoms in total. The van der Waals surface area contributed by atoms with Gasteiger partial charge in [0.1, 0.15) is 0 Å². The number of carboxylic acid groups (broad SMARTS) is 1. The highest BCUT2D eigenvalue weighted by Crippen LogP contribution is 2.19. The number of aryl methyl sites for hydroxylation is 2. The van der Waals surface area contributed by atoms with Crippen LogP contribution in [0.15, 0.2) is 18.2 Å². The minimum atomic E-state index is -1.45. The molecule has 0 aliphatic heterocycles. The van der Waals surface area contributed by atoms with Crippen LogP contribution in [-0.2, 0) is 11.2 Å². The van der Waals surface area contributed by atoms with Gasteiger partial charge in [0, 0.05) is 5.88 Å². The molecule has 0 saturated heterocycles. The smallest absolute Gasteiger partial charge is 0.337 e. The lowest BCUT2D eigenvalue weighted by atomic mass is 9.99. The van der Waals surface area contributed by atoms with Crippen molar-refractivity contribution in [1.29, 1.82) is 0 Å². The molecule has 0 saturated carbocycles. The van der Waals surface area contributed by atoms with Crippen molar-refractivity contribution < 1.29 is 15.0 Å². The number of aliphatic hydroxyl groups excluding tert-OH is 1. The van der Waals surface area contributed by atoms with Gasteiger partial charge in [-0.15, -0.1) is 11.6 Å². The lowest BCUT2D eigenvalue weighted by Gasteiger charge is -2.10. The Kier molecular flexibility index (Phi) is 4.77. The number of hydrogen-bond acceptors (Lipinski definition) is 2. The Labute approximate surface area is 99.7 Å². The van der Waals surface area contributed by atoms with E-state index in [1.807, 2.05) is 13.0 Å². The fraction of sp³-hybridized carbons (Fsp3) is 0.417. The molecule has 0 aliphatic carbocycles. The maximum absolute atomic E-state index is 10.6. The first kappa shape index (κ1) is 13.0. The third kappa shape index (κ3) is 3.22. The van der Waals surface area contributed by atoms with Crippen LogP contribution in [0.25, 0.3) is 0 Å². The van der Waals surface area contributed by atoms with Crippen LogP contribution >= 0.6 is 11.6 Å². The topological polar surface area (TPSA) is 57.5 Å². The van der Waals surface area contributed by atoms with Gasteiger partial charge in [-0.25, -0.2) is 4.79 Å². The number of alkyl halides is 1. The monoisotopic (exact) mass is 242 g/mol. The van der Waals surface area contributed by atoms with Crippen LogP contribution in [0, 0.1) is 6.92 Å². The van der Waals surface area contributed by atoms with E-state index in [1.165, 1.54) is 0 Å². The van der Waals surface area contributed by atoms with Crippen LogP contribution in [0.2, 0.25) is 0 Å². The van der Waals surface area contributed by atoms with Gasteiger partial charge >= 0.3 is 5.97 Å². The second-order valence-electron chi connectivity index (χ2n) is 3.72. The molecule has 0 spiro atoms. The van der Waals surface area contributed by atoms with Crippen molar-refractivity contribution in [2.24, 2.45) is 0 Å². The summed E-state index contributed by atoms with van der Waals surface area (Å²) in [6, 6.07) is 5.20. The maximum Gasteiger partial charge on any atom is 0.337 e. The number of rotatable bonds is 5. The van der Waals surface area contributed by atoms with E-state index in [0.717, 1.165) is 24.0 Å². The Bertz CT molecular complexity index is 377. The quantitative estimate of drug-likeness (QED) is 0.779. The van der Waals surface area contributed by atoms with E-state index in [2.05, 4.69) is 0 Å². The molecule has 0 aliphatic rings. The zero-order chi connectivity index (χ0) is 12.1. The highest BCUT2D eigenvalue weighted by molar-refractivity contribution is 6.17. The Morgan fingerprint density at radius 1 is 1.50 bits per heavy atom. The normalized spacial score (nSPS) is 12.4. The fourth-order valence-corrected chi connectivity index (χ4v) is 1.66. The van der Waals surface area contributed by atoms with E-state index in [9.17, 15) is 9.90 Å². The van der Waals surface area contributed by atoms with Crippen LogP contribution in [-0.4, -0.2) is 22.1 Å². The van der Waals surface area contributed by atoms with E-state index in [-0.39, 0.29) is 0 Å². The molecular formula is C12H15ClO3. The van der Waals surface area contributed by atoms with E-state index < -0.39 is 12.1 Å². The van der Waals surface area contributed by atoms with E-state index in [0.29, 0.717) is 11.4 Å². The van der Waals surface area contributed by atoms with Gasteiger partial charge in [0.25, 0.3) is 0 Å². The van der Waals surface area contributed by atoms with Gasteiger partial charge in [-0.2, -0.15) is 0 Å². The van der Waals surface area contributed by atoms with Crippen molar-refractivity contribution >= 4 is 17.6 Å². The number of carbonyl (C=O) groups is 1. The average molecular weight is 243 g/mol. The van der Waals surface area contributed by atoms with Crippen LogP contribution in [0.1, 0.15) is 29.2 Å². The summed E-state index contributed by atoms with van der Waals surface area (Å²) in [6.07, 6.45) is 0.195. The predicted molar refractivity (Wildman–Crippen MR) is 62.8 cm³/mol. The van der Waals surface area contributed by atoms with Crippen LogP contribution in [0.3, 0.4) is 0 Å². The van der Waals surface area contributed by atoms with Gasteiger partial charge in [-0.05, 0) is 36.5 Å². The Hall–Kier alpha value is -1.06. The van der Waals surface area contributed by atoms with Crippen molar-refractivity contribution in [3.05, 3.63) is 34.9 Å². The summed E-state index contributed by atoms with van der Waals surface area (Å²) in [5, 5.41) is 18.1. The molecule has 0 radical (unpaired) electrons. The number of hydrogen-bond donors (Lipinski definition) is 2. The van der Waals surface area contributed by atoms with Crippen LogP contribution < -0.4 is 0 Å². The second-order valence-corrected chi connectivity index (χ2v) is 4.10. The summed E-state index contributed by atoms with van der Waals surface area (Å²) in [7, 11) is 0. The van der Waals surface area contributed by atoms with E-state index >= 15 is 0 Å². The maximum atomic E-state index is 10.6. The summed E-state index contributed by atoms with van der Waals surface area (Å²) in [5.41, 5.74) is 2.55. The van der Waals surface area contributed by atoms with Gasteiger partial charge in [0.15, 0.2) is 6.10 Å². The molecule has 1 unspecified atom stereocenters. The molecule has 0 bridgehead atoms. The highest BCUT2D eigenvalue weighted by atomic mass is 35.5. The standard InChI is InChI=1S/C12H15ClO3/c1-8-4-5-10(11(14)12(15)16)7-9(8)3-2-6-13/h4-5,7,11,14H,2-3,6H2,1H3,(H,15,16). The lowest BCUT2D eigenvalue weighted by Crippen LogP contribution is -2.11. The molecule has 2 N–H and O–H groups in total. The van der Waals surface area contributed by atoms with Gasteiger partial charge in [-0.1, -0.05) is 18.2 Å². The summed E-state index contributed by atoms with van der Waals surface area (Å²) < 4.78 is 0. The molecule has 0 heterocycles. The number of benzene rings is 1. The number of aliphatic hydroxyl groups is 1. The SMILES string of the molecule is Cc1ccc(C(O)C(=O)O)cc1CCCCl. The summed E-state index contributed by atoms with van der Waals surface area (Å²) in [5.74, 6) is -0.655. The lowest BCUT2D eigenvalue weighted by molar-refractivity contribution is -0.146. The molecule has 1 aromatic rings. The first-order valence-corrected chi connectivity index (χ1v) is 5.66. The summed E-state index contributed by atoms with van der Waals surface area (Å²) >= 11 is 5.61. The first-order valence-electron chi connectivity index (χ1n) is 5.12. The predicted octanol–water partition coefficient (Wildman–Crippen LogP) is 2.28. The molecule has 16 heavy (non-hydrogen) atoms. The molecule has 0 amide bonds. The molecule has 4 heteroatoms. The number of halogens is 1. The zero-order valence-corrected chi connectivity index (χ0v) is 9.87. The summed E-state index contributed by atoms with van der Waals surface area (Å²) in [4.78, 5) is 10.6. The van der Waals surface area contributed by atoms with Gasteiger partial charge in [-0.3, -0.25) is 0 Å². The molecular weight excluding hydrogens is 228 g/mol. The highest BCUT2D eigenvalue weighted by Gasteiger charge is 2.16. The van der Waals surface area contributed by atoms with E-state index in [4.69, 9.17) is 16.7 Å². The molecule has 1 rings (SSSR count). The Morgan fingerprint density at radius 3 is 2.75 bits per heavy atom. The molecule has 0 aromatic heterocycles. The molecule has 88 valence electrons. The van der Waals surface area contributed by atoms with Crippen molar-refractivity contribution in [3.8, 4) is 0 Å². The minimum Gasteiger partial charge on any atom is -0.479 e. The van der Waals surface area contributed by atoms with Crippen molar-refractivity contribution in [3.63, 3.8) is 0 Å². The number of aliphatic carboxylic acids is 1. The van der Waals surface area contributed by atoms with Crippen LogP contribution in [0.4, 0.5) is 0 Å². The molecule has 0 fully saturated rings. The van der Waals surface area contributed by atoms with Gasteiger partial charge in [0.2, 0.25) is 0 Å². The molecule has 1 atom stereocenters. The van der Waals surface area contributed by atoms with E-state index in [1.54, 1.807) is 12.1 Å². The largest absolute Gasteiger partial charge is 0.479 e. The minimum absolute atomic E-state index is 0.419.